The van der Waals surface area contributed by atoms with Crippen LogP contribution < -0.4 is 5.32 Å². The van der Waals surface area contributed by atoms with Crippen LogP contribution in [0.2, 0.25) is 0 Å². The zero-order valence-corrected chi connectivity index (χ0v) is 10.9. The first-order valence-corrected chi connectivity index (χ1v) is 6.77. The number of aromatic nitrogens is 1. The molecule has 1 N–H and O–H groups in total. The van der Waals surface area contributed by atoms with E-state index in [1.165, 1.54) is 0 Å². The molecule has 0 aliphatic carbocycles. The third-order valence-electron chi connectivity index (χ3n) is 2.59. The van der Waals surface area contributed by atoms with Crippen LogP contribution in [-0.4, -0.2) is 11.2 Å². The van der Waals surface area contributed by atoms with Crippen molar-refractivity contribution in [2.75, 3.05) is 11.6 Å². The van der Waals surface area contributed by atoms with E-state index in [1.807, 2.05) is 36.6 Å². The number of pyridine rings is 1. The van der Waals surface area contributed by atoms with Crippen molar-refractivity contribution in [3.05, 3.63) is 53.9 Å². The van der Waals surface area contributed by atoms with Crippen molar-refractivity contribution in [3.8, 4) is 6.07 Å². The van der Waals surface area contributed by atoms with Crippen molar-refractivity contribution in [1.82, 2.24) is 4.98 Å². The SMILES string of the molecule is CSc1cccc(NCc2ccncc2)c1C#N. The van der Waals surface area contributed by atoms with E-state index in [0.29, 0.717) is 12.1 Å². The number of nitrogens with one attached hydrogen (secondary N) is 1. The minimum Gasteiger partial charge on any atom is -0.380 e. The molecule has 1 aromatic heterocycles. The summed E-state index contributed by atoms with van der Waals surface area (Å²) >= 11 is 1.58. The number of nitriles is 1. The van der Waals surface area contributed by atoms with Crippen LogP contribution in [0.25, 0.3) is 0 Å². The topological polar surface area (TPSA) is 48.7 Å². The van der Waals surface area contributed by atoms with E-state index in [2.05, 4.69) is 16.4 Å². The molecule has 0 bridgehead atoms. The van der Waals surface area contributed by atoms with Crippen molar-refractivity contribution >= 4 is 17.4 Å². The van der Waals surface area contributed by atoms with E-state index in [1.54, 1.807) is 24.2 Å². The van der Waals surface area contributed by atoms with Gasteiger partial charge in [-0.1, -0.05) is 6.07 Å². The normalized spacial score (nSPS) is 9.78. The number of anilines is 1. The Labute approximate surface area is 111 Å². The van der Waals surface area contributed by atoms with Gasteiger partial charge >= 0.3 is 0 Å². The fourth-order valence-electron chi connectivity index (χ4n) is 1.66. The monoisotopic (exact) mass is 255 g/mol. The summed E-state index contributed by atoms with van der Waals surface area (Å²) in [6.07, 6.45) is 5.50. The number of thioether (sulfide) groups is 1. The first-order valence-electron chi connectivity index (χ1n) is 5.55. The molecule has 1 heterocycles. The first kappa shape index (κ1) is 12.5. The van der Waals surface area contributed by atoms with Crippen LogP contribution in [0.3, 0.4) is 0 Å². The molecule has 18 heavy (non-hydrogen) atoms. The summed E-state index contributed by atoms with van der Waals surface area (Å²) in [5, 5.41) is 12.5. The predicted molar refractivity (Wildman–Crippen MR) is 74.5 cm³/mol. The van der Waals surface area contributed by atoms with Crippen molar-refractivity contribution in [2.24, 2.45) is 0 Å². The number of hydrogen-bond donors (Lipinski definition) is 1. The first-order chi connectivity index (χ1) is 8.85. The molecule has 0 unspecified atom stereocenters. The maximum absolute atomic E-state index is 9.21. The number of nitrogens with zero attached hydrogens (tertiary/aromatic N) is 2. The van der Waals surface area contributed by atoms with Gasteiger partial charge in [-0.05, 0) is 36.1 Å². The predicted octanol–water partition coefficient (Wildman–Crippen LogP) is 3.29. The van der Waals surface area contributed by atoms with E-state index in [-0.39, 0.29) is 0 Å². The zero-order chi connectivity index (χ0) is 12.8. The minimum absolute atomic E-state index is 0.690. The number of rotatable bonds is 4. The van der Waals surface area contributed by atoms with Crippen molar-refractivity contribution in [3.63, 3.8) is 0 Å². The van der Waals surface area contributed by atoms with E-state index in [9.17, 15) is 5.26 Å². The quantitative estimate of drug-likeness (QED) is 0.852. The molecule has 90 valence electrons. The maximum Gasteiger partial charge on any atom is 0.102 e. The molecule has 0 radical (unpaired) electrons. The smallest absolute Gasteiger partial charge is 0.102 e. The second kappa shape index (κ2) is 6.08. The van der Waals surface area contributed by atoms with Gasteiger partial charge in [0.25, 0.3) is 0 Å². The lowest BCUT2D eigenvalue weighted by Gasteiger charge is -2.10. The molecule has 3 nitrogen and oxygen atoms in total. The Hall–Kier alpha value is -1.99. The Morgan fingerprint density at radius 3 is 2.72 bits per heavy atom. The molecule has 0 spiro atoms. The zero-order valence-electron chi connectivity index (χ0n) is 10.1. The van der Waals surface area contributed by atoms with E-state index in [0.717, 1.165) is 16.1 Å². The summed E-state index contributed by atoms with van der Waals surface area (Å²) in [7, 11) is 0. The summed E-state index contributed by atoms with van der Waals surface area (Å²) in [5.41, 5.74) is 2.73. The standard InChI is InChI=1S/C14H13N3S/c1-18-14-4-2-3-13(12(14)9-15)17-10-11-5-7-16-8-6-11/h2-8,17H,10H2,1H3. The molecule has 0 saturated carbocycles. The van der Waals surface area contributed by atoms with Crippen LogP contribution in [0.1, 0.15) is 11.1 Å². The highest BCUT2D eigenvalue weighted by atomic mass is 32.2. The average molecular weight is 255 g/mol. The summed E-state index contributed by atoms with van der Waals surface area (Å²) < 4.78 is 0. The van der Waals surface area contributed by atoms with Gasteiger partial charge < -0.3 is 5.32 Å². The van der Waals surface area contributed by atoms with Crippen LogP contribution in [0.15, 0.2) is 47.6 Å². The lowest BCUT2D eigenvalue weighted by Crippen LogP contribution is -2.01. The van der Waals surface area contributed by atoms with Gasteiger partial charge in [-0.2, -0.15) is 5.26 Å². The van der Waals surface area contributed by atoms with E-state index < -0.39 is 0 Å². The number of hydrogen-bond acceptors (Lipinski definition) is 4. The Balaban J connectivity index is 2.17. The summed E-state index contributed by atoms with van der Waals surface area (Å²) in [6, 6.07) is 12.0. The Morgan fingerprint density at radius 1 is 1.28 bits per heavy atom. The molecule has 0 amide bonds. The second-order valence-electron chi connectivity index (χ2n) is 3.70. The number of benzene rings is 1. The van der Waals surface area contributed by atoms with Crippen LogP contribution in [-0.2, 0) is 6.54 Å². The third-order valence-corrected chi connectivity index (χ3v) is 3.37. The molecule has 0 fully saturated rings. The third kappa shape index (κ3) is 2.82. The maximum atomic E-state index is 9.21. The fraction of sp³-hybridized carbons (Fsp3) is 0.143. The molecule has 4 heteroatoms. The van der Waals surface area contributed by atoms with Crippen molar-refractivity contribution in [1.29, 1.82) is 5.26 Å². The minimum atomic E-state index is 0.690. The molecule has 0 aliphatic heterocycles. The van der Waals surface area contributed by atoms with E-state index in [4.69, 9.17) is 0 Å². The lowest BCUT2D eigenvalue weighted by molar-refractivity contribution is 1.12. The van der Waals surface area contributed by atoms with Gasteiger partial charge in [0.2, 0.25) is 0 Å². The van der Waals surface area contributed by atoms with Gasteiger partial charge in [-0.15, -0.1) is 11.8 Å². The molecule has 0 atom stereocenters. The highest BCUT2D eigenvalue weighted by molar-refractivity contribution is 7.98. The second-order valence-corrected chi connectivity index (χ2v) is 4.55. The largest absolute Gasteiger partial charge is 0.380 e. The van der Waals surface area contributed by atoms with Crippen LogP contribution >= 0.6 is 11.8 Å². The van der Waals surface area contributed by atoms with Crippen LogP contribution in [0.5, 0.6) is 0 Å². The van der Waals surface area contributed by atoms with Gasteiger partial charge in [0.1, 0.15) is 6.07 Å². The summed E-state index contributed by atoms with van der Waals surface area (Å²) in [6.45, 7) is 0.690. The fourth-order valence-corrected chi connectivity index (χ4v) is 2.24. The Bertz CT molecular complexity index is 561. The highest BCUT2D eigenvalue weighted by Gasteiger charge is 2.06. The molecule has 2 aromatic rings. The summed E-state index contributed by atoms with van der Waals surface area (Å²) in [5.74, 6) is 0. The Kier molecular flexibility index (Phi) is 4.21. The molecule has 1 aromatic carbocycles. The van der Waals surface area contributed by atoms with Crippen molar-refractivity contribution < 1.29 is 0 Å². The molecular formula is C14H13N3S. The molecule has 2 rings (SSSR count). The van der Waals surface area contributed by atoms with Gasteiger partial charge in [-0.3, -0.25) is 4.98 Å². The van der Waals surface area contributed by atoms with Gasteiger partial charge in [0.05, 0.1) is 11.3 Å². The van der Waals surface area contributed by atoms with Crippen molar-refractivity contribution in [2.45, 2.75) is 11.4 Å². The molecular weight excluding hydrogens is 242 g/mol. The molecule has 0 saturated heterocycles. The van der Waals surface area contributed by atoms with Crippen LogP contribution in [0, 0.1) is 11.3 Å². The Morgan fingerprint density at radius 2 is 2.06 bits per heavy atom. The lowest BCUT2D eigenvalue weighted by atomic mass is 10.2. The van der Waals surface area contributed by atoms with E-state index >= 15 is 0 Å². The van der Waals surface area contributed by atoms with Gasteiger partial charge in [-0.25, -0.2) is 0 Å². The van der Waals surface area contributed by atoms with Gasteiger partial charge in [0.15, 0.2) is 0 Å². The molecule has 0 aliphatic rings. The average Bonchev–Trinajstić information content (AvgIpc) is 2.45. The highest BCUT2D eigenvalue weighted by Crippen LogP contribution is 2.26. The summed E-state index contributed by atoms with van der Waals surface area (Å²) in [4.78, 5) is 4.98. The van der Waals surface area contributed by atoms with Gasteiger partial charge in [0, 0.05) is 23.8 Å². The van der Waals surface area contributed by atoms with Crippen LogP contribution in [0.4, 0.5) is 5.69 Å².